The van der Waals surface area contributed by atoms with Gasteiger partial charge in [-0.15, -0.1) is 0 Å². The Morgan fingerprint density at radius 2 is 2.13 bits per heavy atom. The summed E-state index contributed by atoms with van der Waals surface area (Å²) in [5, 5.41) is 3.92. The van der Waals surface area contributed by atoms with Crippen molar-refractivity contribution in [2.24, 2.45) is 5.73 Å². The molecule has 5 heteroatoms. The van der Waals surface area contributed by atoms with E-state index in [-0.39, 0.29) is 12.5 Å². The number of alkyl halides is 3. The van der Waals surface area contributed by atoms with E-state index in [0.29, 0.717) is 12.8 Å². The van der Waals surface area contributed by atoms with Crippen LogP contribution in [0.15, 0.2) is 16.8 Å². The van der Waals surface area contributed by atoms with Gasteiger partial charge in [-0.25, -0.2) is 0 Å². The number of hydrogen-bond donors (Lipinski definition) is 1. The second-order valence-electron chi connectivity index (χ2n) is 3.60. The third-order valence-corrected chi connectivity index (χ3v) is 2.85. The van der Waals surface area contributed by atoms with Gasteiger partial charge in [0.1, 0.15) is 0 Å². The van der Waals surface area contributed by atoms with Gasteiger partial charge in [-0.05, 0) is 41.7 Å². The zero-order chi connectivity index (χ0) is 11.3. The van der Waals surface area contributed by atoms with Crippen LogP contribution in [-0.2, 0) is 6.42 Å². The predicted molar refractivity (Wildman–Crippen MR) is 55.9 cm³/mol. The second-order valence-corrected chi connectivity index (χ2v) is 4.38. The van der Waals surface area contributed by atoms with Crippen molar-refractivity contribution < 1.29 is 13.2 Å². The van der Waals surface area contributed by atoms with Crippen molar-refractivity contribution in [3.63, 3.8) is 0 Å². The summed E-state index contributed by atoms with van der Waals surface area (Å²) in [4.78, 5) is 0. The number of hydrogen-bond acceptors (Lipinski definition) is 2. The average Bonchev–Trinajstić information content (AvgIpc) is 2.54. The first-order chi connectivity index (χ1) is 6.97. The van der Waals surface area contributed by atoms with Crippen LogP contribution in [0.4, 0.5) is 13.2 Å². The molecule has 0 bridgehead atoms. The van der Waals surface area contributed by atoms with Crippen LogP contribution in [0, 0.1) is 0 Å². The Hall–Kier alpha value is -0.550. The molecular weight excluding hydrogens is 223 g/mol. The summed E-state index contributed by atoms with van der Waals surface area (Å²) in [5.74, 6) is 0. The van der Waals surface area contributed by atoms with E-state index in [1.54, 1.807) is 11.3 Å². The van der Waals surface area contributed by atoms with Gasteiger partial charge in [0.05, 0.1) is 0 Å². The molecule has 2 N–H and O–H groups in total. The van der Waals surface area contributed by atoms with Gasteiger partial charge in [-0.1, -0.05) is 0 Å². The highest BCUT2D eigenvalue weighted by atomic mass is 32.1. The van der Waals surface area contributed by atoms with Crippen molar-refractivity contribution in [1.82, 2.24) is 0 Å². The highest BCUT2D eigenvalue weighted by Gasteiger charge is 2.26. The number of halogens is 3. The third-order valence-electron chi connectivity index (χ3n) is 2.11. The Kier molecular flexibility index (Phi) is 4.60. The molecule has 0 amide bonds. The average molecular weight is 237 g/mol. The summed E-state index contributed by atoms with van der Waals surface area (Å²) in [6.45, 7) is 0. The van der Waals surface area contributed by atoms with E-state index in [1.165, 1.54) is 0 Å². The molecule has 0 aliphatic heterocycles. The number of thiophene rings is 1. The van der Waals surface area contributed by atoms with Gasteiger partial charge < -0.3 is 5.73 Å². The standard InChI is InChI=1S/C10H14F3NS/c11-10(12,13)4-1-2-9(14)6-8-3-5-15-7-8/h3,5,7,9H,1-2,4,6,14H2. The second kappa shape index (κ2) is 5.51. The van der Waals surface area contributed by atoms with Crippen LogP contribution in [0.3, 0.4) is 0 Å². The quantitative estimate of drug-likeness (QED) is 0.835. The molecule has 1 aromatic heterocycles. The van der Waals surface area contributed by atoms with Gasteiger partial charge in [0.15, 0.2) is 0 Å². The smallest absolute Gasteiger partial charge is 0.327 e. The van der Waals surface area contributed by atoms with Crippen LogP contribution >= 0.6 is 11.3 Å². The summed E-state index contributed by atoms with van der Waals surface area (Å²) >= 11 is 1.57. The summed E-state index contributed by atoms with van der Waals surface area (Å²) < 4.78 is 35.5. The molecule has 0 aliphatic rings. The van der Waals surface area contributed by atoms with Crippen LogP contribution in [0.25, 0.3) is 0 Å². The molecule has 0 spiro atoms. The van der Waals surface area contributed by atoms with Gasteiger partial charge >= 0.3 is 6.18 Å². The number of rotatable bonds is 5. The Morgan fingerprint density at radius 3 is 2.67 bits per heavy atom. The maximum absolute atomic E-state index is 11.8. The molecular formula is C10H14F3NS. The van der Waals surface area contributed by atoms with Gasteiger partial charge in [0.2, 0.25) is 0 Å². The minimum atomic E-state index is -4.05. The molecule has 0 saturated heterocycles. The molecule has 0 saturated carbocycles. The first-order valence-electron chi connectivity index (χ1n) is 4.81. The van der Waals surface area contributed by atoms with Crippen molar-refractivity contribution >= 4 is 11.3 Å². The zero-order valence-electron chi connectivity index (χ0n) is 8.26. The van der Waals surface area contributed by atoms with Crippen LogP contribution in [0.1, 0.15) is 24.8 Å². The van der Waals surface area contributed by atoms with Crippen LogP contribution in [-0.4, -0.2) is 12.2 Å². The Morgan fingerprint density at radius 1 is 1.40 bits per heavy atom. The van der Waals surface area contributed by atoms with Crippen molar-refractivity contribution in [2.45, 2.75) is 37.9 Å². The van der Waals surface area contributed by atoms with E-state index in [1.807, 2.05) is 16.8 Å². The lowest BCUT2D eigenvalue weighted by molar-refractivity contribution is -0.135. The zero-order valence-corrected chi connectivity index (χ0v) is 9.07. The molecule has 1 unspecified atom stereocenters. The molecule has 1 rings (SSSR count). The summed E-state index contributed by atoms with van der Waals surface area (Å²) in [5.41, 5.74) is 6.84. The molecule has 0 aliphatic carbocycles. The van der Waals surface area contributed by atoms with Crippen molar-refractivity contribution in [2.75, 3.05) is 0 Å². The van der Waals surface area contributed by atoms with E-state index < -0.39 is 12.6 Å². The minimum Gasteiger partial charge on any atom is -0.327 e. The van der Waals surface area contributed by atoms with Crippen LogP contribution in [0.5, 0.6) is 0 Å². The molecule has 1 atom stereocenters. The molecule has 86 valence electrons. The molecule has 1 aromatic rings. The van der Waals surface area contributed by atoms with Crippen molar-refractivity contribution in [3.05, 3.63) is 22.4 Å². The summed E-state index contributed by atoms with van der Waals surface area (Å²) in [7, 11) is 0. The van der Waals surface area contributed by atoms with E-state index in [9.17, 15) is 13.2 Å². The topological polar surface area (TPSA) is 26.0 Å². The molecule has 1 heterocycles. The Labute approximate surface area is 91.1 Å². The van der Waals surface area contributed by atoms with Gasteiger partial charge in [0.25, 0.3) is 0 Å². The predicted octanol–water partition coefficient (Wildman–Crippen LogP) is 3.35. The minimum absolute atomic E-state index is 0.120. The first kappa shape index (κ1) is 12.5. The maximum atomic E-state index is 11.8. The lowest BCUT2D eigenvalue weighted by Gasteiger charge is -2.11. The van der Waals surface area contributed by atoms with Gasteiger partial charge in [-0.3, -0.25) is 0 Å². The first-order valence-corrected chi connectivity index (χ1v) is 5.75. The molecule has 0 aromatic carbocycles. The highest BCUT2D eigenvalue weighted by molar-refractivity contribution is 7.07. The lowest BCUT2D eigenvalue weighted by atomic mass is 10.0. The van der Waals surface area contributed by atoms with E-state index in [0.717, 1.165) is 5.56 Å². The summed E-state index contributed by atoms with van der Waals surface area (Å²) in [6, 6.07) is 1.79. The fraction of sp³-hybridized carbons (Fsp3) is 0.600. The normalized spacial score (nSPS) is 14.1. The van der Waals surface area contributed by atoms with E-state index >= 15 is 0 Å². The molecule has 1 nitrogen and oxygen atoms in total. The maximum Gasteiger partial charge on any atom is 0.389 e. The molecule has 0 radical (unpaired) electrons. The van der Waals surface area contributed by atoms with Crippen LogP contribution < -0.4 is 5.73 Å². The SMILES string of the molecule is NC(CCCC(F)(F)F)Cc1ccsc1. The highest BCUT2D eigenvalue weighted by Crippen LogP contribution is 2.23. The Bertz CT molecular complexity index is 269. The third kappa shape index (κ3) is 5.79. The molecule has 0 fully saturated rings. The lowest BCUT2D eigenvalue weighted by Crippen LogP contribution is -2.23. The van der Waals surface area contributed by atoms with Crippen molar-refractivity contribution in [3.8, 4) is 0 Å². The Balaban J connectivity index is 2.17. The van der Waals surface area contributed by atoms with Gasteiger partial charge in [-0.2, -0.15) is 24.5 Å². The fourth-order valence-electron chi connectivity index (χ4n) is 1.38. The van der Waals surface area contributed by atoms with Crippen molar-refractivity contribution in [1.29, 1.82) is 0 Å². The van der Waals surface area contributed by atoms with E-state index in [2.05, 4.69) is 0 Å². The number of nitrogens with two attached hydrogens (primary N) is 1. The largest absolute Gasteiger partial charge is 0.389 e. The monoisotopic (exact) mass is 237 g/mol. The fourth-order valence-corrected chi connectivity index (χ4v) is 2.06. The van der Waals surface area contributed by atoms with Gasteiger partial charge in [0, 0.05) is 12.5 Å². The van der Waals surface area contributed by atoms with Crippen LogP contribution in [0.2, 0.25) is 0 Å². The van der Waals surface area contributed by atoms with E-state index in [4.69, 9.17) is 5.73 Å². The molecule has 15 heavy (non-hydrogen) atoms. The summed E-state index contributed by atoms with van der Waals surface area (Å²) in [6.07, 6.45) is -3.57.